The van der Waals surface area contributed by atoms with Crippen LogP contribution in [-0.4, -0.2) is 79.4 Å². The molecule has 4 aliphatic heterocycles. The van der Waals surface area contributed by atoms with Gasteiger partial charge in [-0.1, -0.05) is 0 Å². The molecule has 24 heavy (non-hydrogen) atoms. The molecule has 0 aliphatic carbocycles. The highest BCUT2D eigenvalue weighted by Crippen LogP contribution is 2.44. The zero-order valence-corrected chi connectivity index (χ0v) is 14.5. The van der Waals surface area contributed by atoms with Crippen LogP contribution >= 0.6 is 0 Å². The van der Waals surface area contributed by atoms with Crippen molar-refractivity contribution in [3.63, 3.8) is 0 Å². The van der Waals surface area contributed by atoms with Crippen molar-refractivity contribution in [1.29, 1.82) is 0 Å². The topological polar surface area (TPSA) is 75.7 Å². The number of rotatable bonds is 1. The molecule has 4 heterocycles. The van der Waals surface area contributed by atoms with Crippen molar-refractivity contribution in [2.24, 2.45) is 0 Å². The van der Waals surface area contributed by atoms with Crippen molar-refractivity contribution in [1.82, 2.24) is 4.90 Å². The summed E-state index contributed by atoms with van der Waals surface area (Å²) in [7, 11) is 0. The minimum absolute atomic E-state index is 0.110. The van der Waals surface area contributed by atoms with Crippen LogP contribution in [-0.2, 0) is 33.2 Å². The SMILES string of the molecule is CC1(C)O[C@H]2[C@@H](O1)[C@@H](C(=O)N1CCOCC1)O[C@H]1OC(C)(C)O[C@@H]12. The highest BCUT2D eigenvalue weighted by atomic mass is 16.9. The summed E-state index contributed by atoms with van der Waals surface area (Å²) in [5.74, 6) is -1.69. The van der Waals surface area contributed by atoms with E-state index in [9.17, 15) is 4.79 Å². The third-order valence-corrected chi connectivity index (χ3v) is 4.72. The Morgan fingerprint density at radius 2 is 1.46 bits per heavy atom. The molecule has 0 spiro atoms. The van der Waals surface area contributed by atoms with Crippen LogP contribution in [0.5, 0.6) is 0 Å². The van der Waals surface area contributed by atoms with Gasteiger partial charge in [-0.05, 0) is 27.7 Å². The van der Waals surface area contributed by atoms with E-state index in [1.54, 1.807) is 4.90 Å². The fourth-order valence-corrected chi connectivity index (χ4v) is 3.77. The van der Waals surface area contributed by atoms with E-state index in [-0.39, 0.29) is 5.91 Å². The molecule has 4 rings (SSSR count). The Bertz CT molecular complexity index is 517. The van der Waals surface area contributed by atoms with Gasteiger partial charge in [0, 0.05) is 13.1 Å². The maximum absolute atomic E-state index is 13.0. The average molecular weight is 343 g/mol. The highest BCUT2D eigenvalue weighted by Gasteiger charge is 2.62. The van der Waals surface area contributed by atoms with Gasteiger partial charge in [0.05, 0.1) is 13.2 Å². The molecule has 0 aromatic heterocycles. The summed E-state index contributed by atoms with van der Waals surface area (Å²) >= 11 is 0. The van der Waals surface area contributed by atoms with Crippen LogP contribution in [0.15, 0.2) is 0 Å². The number of ether oxygens (including phenoxy) is 6. The number of hydrogen-bond donors (Lipinski definition) is 0. The van der Waals surface area contributed by atoms with E-state index in [0.29, 0.717) is 26.3 Å². The minimum atomic E-state index is -0.798. The van der Waals surface area contributed by atoms with Gasteiger partial charge in [-0.25, -0.2) is 0 Å². The fraction of sp³-hybridized carbons (Fsp3) is 0.938. The molecule has 0 bridgehead atoms. The second-order valence-corrected chi connectivity index (χ2v) is 7.53. The Balaban J connectivity index is 1.59. The molecule has 136 valence electrons. The van der Waals surface area contributed by atoms with Crippen LogP contribution in [0.3, 0.4) is 0 Å². The third-order valence-electron chi connectivity index (χ3n) is 4.72. The van der Waals surface area contributed by atoms with Gasteiger partial charge in [-0.3, -0.25) is 4.79 Å². The van der Waals surface area contributed by atoms with Crippen molar-refractivity contribution in [2.45, 2.75) is 70.0 Å². The normalized spacial score (nSPS) is 43.3. The van der Waals surface area contributed by atoms with E-state index in [1.807, 2.05) is 27.7 Å². The molecule has 0 unspecified atom stereocenters. The Labute approximate surface area is 141 Å². The predicted octanol–water partition coefficient (Wildman–Crippen LogP) is 0.242. The minimum Gasteiger partial charge on any atom is -0.378 e. The second-order valence-electron chi connectivity index (χ2n) is 7.53. The van der Waals surface area contributed by atoms with Crippen LogP contribution in [0, 0.1) is 0 Å². The molecule has 1 amide bonds. The molecule has 0 saturated carbocycles. The molecule has 4 aliphatic rings. The van der Waals surface area contributed by atoms with Crippen molar-refractivity contribution < 1.29 is 33.2 Å². The van der Waals surface area contributed by atoms with E-state index in [1.165, 1.54) is 0 Å². The first-order valence-electron chi connectivity index (χ1n) is 8.49. The maximum atomic E-state index is 13.0. The molecule has 4 fully saturated rings. The smallest absolute Gasteiger partial charge is 0.254 e. The lowest BCUT2D eigenvalue weighted by atomic mass is 9.98. The number of carbonyl (C=O) groups is 1. The number of fused-ring (bicyclic) bond motifs is 3. The summed E-state index contributed by atoms with van der Waals surface area (Å²) in [6.45, 7) is 9.48. The van der Waals surface area contributed by atoms with E-state index in [0.717, 1.165) is 0 Å². The van der Waals surface area contributed by atoms with Gasteiger partial charge in [0.15, 0.2) is 24.0 Å². The van der Waals surface area contributed by atoms with E-state index >= 15 is 0 Å². The largest absolute Gasteiger partial charge is 0.378 e. The van der Waals surface area contributed by atoms with Gasteiger partial charge in [-0.15, -0.1) is 0 Å². The van der Waals surface area contributed by atoms with Crippen LogP contribution in [0.2, 0.25) is 0 Å². The Hall–Kier alpha value is -0.770. The summed E-state index contributed by atoms with van der Waals surface area (Å²) in [4.78, 5) is 14.7. The van der Waals surface area contributed by atoms with Crippen molar-refractivity contribution >= 4 is 5.91 Å². The highest BCUT2D eigenvalue weighted by molar-refractivity contribution is 5.82. The molecule has 8 nitrogen and oxygen atoms in total. The first kappa shape index (κ1) is 16.7. The third kappa shape index (κ3) is 2.85. The van der Waals surface area contributed by atoms with Crippen molar-refractivity contribution in [3.05, 3.63) is 0 Å². The zero-order valence-electron chi connectivity index (χ0n) is 14.5. The molecule has 8 heteroatoms. The molecular weight excluding hydrogens is 318 g/mol. The zero-order chi connectivity index (χ0) is 17.1. The average Bonchev–Trinajstić information content (AvgIpc) is 3.00. The first-order chi connectivity index (χ1) is 11.3. The van der Waals surface area contributed by atoms with Gasteiger partial charge in [-0.2, -0.15) is 0 Å². The molecule has 4 saturated heterocycles. The van der Waals surface area contributed by atoms with Crippen LogP contribution in [0.1, 0.15) is 27.7 Å². The first-order valence-corrected chi connectivity index (χ1v) is 8.49. The summed E-state index contributed by atoms with van der Waals surface area (Å²) < 4.78 is 35.1. The Morgan fingerprint density at radius 3 is 2.17 bits per heavy atom. The standard InChI is InChI=1S/C16H25NO7/c1-15(2)21-9-10(22-15)12-14(24-16(3,4)23-12)20-11(9)13(18)17-5-7-19-8-6-17/h9-12,14H,5-8H2,1-4H3/t9-,10+,11+,12-,14+/m1/s1. The molecule has 0 N–H and O–H groups in total. The maximum Gasteiger partial charge on any atom is 0.254 e. The fourth-order valence-electron chi connectivity index (χ4n) is 3.77. The molecule has 5 atom stereocenters. The molecule has 0 aromatic carbocycles. The lowest BCUT2D eigenvalue weighted by Crippen LogP contribution is -2.60. The lowest BCUT2D eigenvalue weighted by Gasteiger charge is -2.39. The predicted molar refractivity (Wildman–Crippen MR) is 79.9 cm³/mol. The summed E-state index contributed by atoms with van der Waals surface area (Å²) in [6, 6.07) is 0. The molecule has 0 radical (unpaired) electrons. The summed E-state index contributed by atoms with van der Waals surface area (Å²) in [6.07, 6.45) is -2.76. The van der Waals surface area contributed by atoms with Gasteiger partial charge in [0.25, 0.3) is 5.91 Å². The van der Waals surface area contributed by atoms with Crippen LogP contribution in [0.25, 0.3) is 0 Å². The van der Waals surface area contributed by atoms with E-state index < -0.39 is 42.3 Å². The molecular formula is C16H25NO7. The van der Waals surface area contributed by atoms with Gasteiger partial charge >= 0.3 is 0 Å². The number of carbonyl (C=O) groups excluding carboxylic acids is 1. The second kappa shape index (κ2) is 5.62. The van der Waals surface area contributed by atoms with Gasteiger partial charge in [0.2, 0.25) is 0 Å². The Kier molecular flexibility index (Phi) is 3.91. The van der Waals surface area contributed by atoms with Crippen LogP contribution in [0.4, 0.5) is 0 Å². The summed E-state index contributed by atoms with van der Waals surface area (Å²) in [5, 5.41) is 0. The monoisotopic (exact) mass is 343 g/mol. The summed E-state index contributed by atoms with van der Waals surface area (Å²) in [5.41, 5.74) is 0. The van der Waals surface area contributed by atoms with E-state index in [4.69, 9.17) is 28.4 Å². The van der Waals surface area contributed by atoms with Crippen molar-refractivity contribution in [2.75, 3.05) is 26.3 Å². The number of hydrogen-bond acceptors (Lipinski definition) is 7. The quantitative estimate of drug-likeness (QED) is 0.675. The van der Waals surface area contributed by atoms with E-state index in [2.05, 4.69) is 0 Å². The van der Waals surface area contributed by atoms with Gasteiger partial charge in [0.1, 0.15) is 18.3 Å². The van der Waals surface area contributed by atoms with Gasteiger partial charge < -0.3 is 33.3 Å². The lowest BCUT2D eigenvalue weighted by molar-refractivity contribution is -0.235. The number of nitrogens with zero attached hydrogens (tertiary/aromatic N) is 1. The Morgan fingerprint density at radius 1 is 0.875 bits per heavy atom. The van der Waals surface area contributed by atoms with Crippen LogP contribution < -0.4 is 0 Å². The van der Waals surface area contributed by atoms with Crippen molar-refractivity contribution in [3.8, 4) is 0 Å². The number of amides is 1. The number of morpholine rings is 1. The molecule has 0 aromatic rings.